The second-order valence-corrected chi connectivity index (χ2v) is 23.8. The molecule has 0 bridgehead atoms. The van der Waals surface area contributed by atoms with E-state index in [1.165, 1.54) is 13.8 Å². The summed E-state index contributed by atoms with van der Waals surface area (Å²) in [5.41, 5.74) is 4.02. The quantitative estimate of drug-likeness (QED) is 0.0335. The summed E-state index contributed by atoms with van der Waals surface area (Å²) in [5.74, 6) is -2.58. The first-order chi connectivity index (χ1) is 33.4. The van der Waals surface area contributed by atoms with Crippen LogP contribution in [0.5, 0.6) is 0 Å². The first-order valence-electron chi connectivity index (χ1n) is 23.1. The van der Waals surface area contributed by atoms with Gasteiger partial charge in [0, 0.05) is 43.1 Å². The topological polar surface area (TPSA) is 432 Å². The standard InChI is InChI=1S/C41H70N7O20P3S/c1-24(10-8-12-26(3)19-31(51)52)9-7-11-25(2)13-14-28(49)27(4)40(56)72-18-17-43-30(50)15-16-44-38(55)35(54)41(5,6)21-65-71(62,63)68-70(60,61)64-20-29-34(67-69(57,58)59)33(53)39(66-29)48-23-47-32-36(42)45-22-46-37(32)48/h22-27,29,33-35,39,53-54H,7-21H2,1-6H3,(H,43,50)(H,44,55)(H,51,52)(H,60,61)(H,62,63)(H2,42,45,46)(H2,57,58,59)/p-5/t24?,25?,26?,27?,29-,33+,34-,35+,39-/m1/s1. The average Bonchev–Trinajstić information content (AvgIpc) is 3.84. The molecular formula is C41H65N7O20P3S-5. The lowest BCUT2D eigenvalue weighted by molar-refractivity contribution is -0.347. The van der Waals surface area contributed by atoms with E-state index in [1.807, 2.05) is 6.92 Å². The number of fused-ring (bicyclic) bond motifs is 1. The van der Waals surface area contributed by atoms with Crippen molar-refractivity contribution in [1.29, 1.82) is 0 Å². The maximum Gasteiger partial charge on any atom is 0.274 e. The molecule has 0 spiro atoms. The molecule has 11 atom stereocenters. The van der Waals surface area contributed by atoms with Crippen LogP contribution in [-0.2, 0) is 60.3 Å². The van der Waals surface area contributed by atoms with Crippen LogP contribution in [0.15, 0.2) is 12.7 Å². The summed E-state index contributed by atoms with van der Waals surface area (Å²) in [5, 5.41) is 36.8. The van der Waals surface area contributed by atoms with Crippen molar-refractivity contribution in [3.05, 3.63) is 12.7 Å². The molecule has 6 N–H and O–H groups in total. The summed E-state index contributed by atoms with van der Waals surface area (Å²) in [6.45, 7) is 7.56. The number of aromatic nitrogens is 4. The number of ether oxygens (including phenoxy) is 1. The number of Topliss-reactive ketones (excluding diaryl/α,β-unsaturated/α-hetero) is 1. The number of anilines is 1. The molecule has 1 saturated heterocycles. The Morgan fingerprint density at radius 3 is 2.12 bits per heavy atom. The van der Waals surface area contributed by atoms with Crippen molar-refractivity contribution in [2.75, 3.05) is 37.8 Å². The van der Waals surface area contributed by atoms with Crippen molar-refractivity contribution >= 4 is 80.9 Å². The Balaban J connectivity index is 1.34. The molecule has 0 radical (unpaired) electrons. The third-order valence-corrected chi connectivity index (χ3v) is 15.8. The number of ketones is 1. The van der Waals surface area contributed by atoms with E-state index in [9.17, 15) is 72.6 Å². The molecule has 2 aromatic heterocycles. The van der Waals surface area contributed by atoms with E-state index in [4.69, 9.17) is 10.5 Å². The number of carbonyl (C=O) groups is 5. The van der Waals surface area contributed by atoms with Crippen molar-refractivity contribution in [3.63, 3.8) is 0 Å². The molecule has 1 aliphatic rings. The summed E-state index contributed by atoms with van der Waals surface area (Å²) in [4.78, 5) is 121. The van der Waals surface area contributed by atoms with Crippen LogP contribution < -0.4 is 41.0 Å². The normalized spacial score (nSPS) is 21.2. The third kappa shape index (κ3) is 21.5. The lowest BCUT2D eigenvalue weighted by atomic mass is 9.87. The smallest absolute Gasteiger partial charge is 0.274 e. The number of carbonyl (C=O) groups excluding carboxylic acids is 5. The molecule has 2 amide bonds. The van der Waals surface area contributed by atoms with Crippen LogP contribution in [0.25, 0.3) is 11.2 Å². The summed E-state index contributed by atoms with van der Waals surface area (Å²) in [6, 6.07) is 0. The molecule has 3 rings (SSSR count). The van der Waals surface area contributed by atoms with E-state index < -0.39 is 96.4 Å². The van der Waals surface area contributed by atoms with Gasteiger partial charge in [0.25, 0.3) is 15.6 Å². The van der Waals surface area contributed by atoms with E-state index in [0.717, 1.165) is 67.5 Å². The predicted octanol–water partition coefficient (Wildman–Crippen LogP) is -0.489. The average molecular weight is 1100 g/mol. The van der Waals surface area contributed by atoms with E-state index in [2.05, 4.69) is 57.3 Å². The highest BCUT2D eigenvalue weighted by molar-refractivity contribution is 8.13. The minimum absolute atomic E-state index is 0.0322. The van der Waals surface area contributed by atoms with Gasteiger partial charge in [-0.3, -0.25) is 32.9 Å². The summed E-state index contributed by atoms with van der Waals surface area (Å²) in [6.07, 6.45) is -0.936. The number of phosphoric acid groups is 3. The molecule has 0 saturated carbocycles. The minimum atomic E-state index is -5.95. The molecule has 410 valence electrons. The Labute approximate surface area is 420 Å². The molecule has 1 fully saturated rings. The molecule has 72 heavy (non-hydrogen) atoms. The van der Waals surface area contributed by atoms with Gasteiger partial charge >= 0.3 is 0 Å². The van der Waals surface area contributed by atoms with E-state index >= 15 is 0 Å². The number of hydrogen-bond donors (Lipinski definition) is 5. The largest absolute Gasteiger partial charge is 0.790 e. The Hall–Kier alpha value is -3.30. The summed E-state index contributed by atoms with van der Waals surface area (Å²) >= 11 is 0.904. The number of carboxylic acids is 1. The number of hydrogen-bond acceptors (Lipinski definition) is 25. The highest BCUT2D eigenvalue weighted by Gasteiger charge is 2.47. The van der Waals surface area contributed by atoms with Gasteiger partial charge < -0.3 is 78.9 Å². The van der Waals surface area contributed by atoms with E-state index in [0.29, 0.717) is 18.3 Å². The maximum atomic E-state index is 12.7. The summed E-state index contributed by atoms with van der Waals surface area (Å²) in [7, 11) is -17.7. The van der Waals surface area contributed by atoms with Crippen LogP contribution >= 0.6 is 35.2 Å². The van der Waals surface area contributed by atoms with Crippen LogP contribution in [0, 0.1) is 29.1 Å². The molecule has 1 aliphatic heterocycles. The lowest BCUT2D eigenvalue weighted by Crippen LogP contribution is -2.46. The number of aliphatic hydroxyl groups is 2. The highest BCUT2D eigenvalue weighted by atomic mass is 32.2. The molecule has 0 aromatic carbocycles. The fourth-order valence-electron chi connectivity index (χ4n) is 7.43. The molecular weight excluding hydrogens is 1040 g/mol. The van der Waals surface area contributed by atoms with Crippen molar-refractivity contribution < 1.29 is 95.2 Å². The van der Waals surface area contributed by atoms with Crippen LogP contribution in [0.3, 0.4) is 0 Å². The lowest BCUT2D eigenvalue weighted by Gasteiger charge is -2.36. The number of nitrogens with two attached hydrogens (primary N) is 1. The number of carboxylic acid groups (broad SMARTS) is 1. The van der Waals surface area contributed by atoms with Gasteiger partial charge in [-0.05, 0) is 37.5 Å². The van der Waals surface area contributed by atoms with Gasteiger partial charge in [-0.2, -0.15) is 0 Å². The van der Waals surface area contributed by atoms with Gasteiger partial charge in [0.05, 0.1) is 33.3 Å². The number of phosphoric ester groups is 3. The van der Waals surface area contributed by atoms with Gasteiger partial charge in [-0.15, -0.1) is 0 Å². The fourth-order valence-corrected chi connectivity index (χ4v) is 10.9. The third-order valence-electron chi connectivity index (χ3n) is 11.7. The van der Waals surface area contributed by atoms with Gasteiger partial charge in [0.1, 0.15) is 42.0 Å². The second kappa shape index (κ2) is 28.6. The fraction of sp³-hybridized carbons (Fsp3) is 0.756. The Morgan fingerprint density at radius 1 is 0.889 bits per heavy atom. The van der Waals surface area contributed by atoms with Gasteiger partial charge in [-0.1, -0.05) is 84.9 Å². The van der Waals surface area contributed by atoms with Crippen molar-refractivity contribution in [1.82, 2.24) is 30.2 Å². The number of aliphatic carboxylic acids is 1. The Morgan fingerprint density at radius 2 is 1.50 bits per heavy atom. The Bertz CT molecular complexity index is 2290. The van der Waals surface area contributed by atoms with Gasteiger partial charge in [-0.25, -0.2) is 19.3 Å². The number of thioether (sulfide) groups is 1. The number of rotatable bonds is 34. The van der Waals surface area contributed by atoms with Crippen molar-refractivity contribution in [2.45, 2.75) is 136 Å². The van der Waals surface area contributed by atoms with Gasteiger partial charge in [0.2, 0.25) is 11.8 Å². The number of imidazole rings is 1. The molecule has 0 aliphatic carbocycles. The zero-order valence-electron chi connectivity index (χ0n) is 40.8. The Kier molecular flexibility index (Phi) is 25.0. The molecule has 31 heteroatoms. The SMILES string of the molecule is CC(CCCC(C)CCC(=O)C(C)C(=O)SCCNC(=O)CCNC(=O)[C@H](O)C(C)(C)COP(=O)([O-])OP(=O)([O-])OC[C@H]1O[C@@H](n2cnc3c(N)ncnc32)[C@@H](O)[C@@H]1OP(=O)([O-])[O-])CCCC(C)CC(=O)[O-]. The number of nitrogen functional groups attached to an aromatic ring is 1. The predicted molar refractivity (Wildman–Crippen MR) is 246 cm³/mol. The molecule has 6 unspecified atom stereocenters. The van der Waals surface area contributed by atoms with Crippen molar-refractivity contribution in [2.24, 2.45) is 29.1 Å². The second-order valence-electron chi connectivity index (χ2n) is 18.6. The number of amides is 2. The number of nitrogens with zero attached hydrogens (tertiary/aromatic N) is 4. The van der Waals surface area contributed by atoms with Crippen molar-refractivity contribution in [3.8, 4) is 0 Å². The van der Waals surface area contributed by atoms with Crippen LogP contribution in [0.1, 0.15) is 112 Å². The number of nitrogens with one attached hydrogen (secondary N) is 2. The zero-order valence-corrected chi connectivity index (χ0v) is 44.3. The van der Waals surface area contributed by atoms with E-state index in [1.54, 1.807) is 6.92 Å². The zero-order chi connectivity index (χ0) is 54.2. The molecule has 3 heterocycles. The van der Waals surface area contributed by atoms with E-state index in [-0.39, 0.29) is 71.9 Å². The first kappa shape index (κ1) is 63.0. The molecule has 27 nitrogen and oxygen atoms in total. The van der Waals surface area contributed by atoms with Gasteiger partial charge in [0.15, 0.2) is 22.8 Å². The number of aliphatic hydroxyl groups excluding tert-OH is 2. The molecule has 2 aromatic rings. The van der Waals surface area contributed by atoms with Crippen LogP contribution in [0.2, 0.25) is 0 Å². The van der Waals surface area contributed by atoms with Crippen LogP contribution in [0.4, 0.5) is 5.82 Å². The van der Waals surface area contributed by atoms with Crippen LogP contribution in [-0.4, -0.2) is 115 Å². The summed E-state index contributed by atoms with van der Waals surface area (Å²) < 4.78 is 60.8. The minimum Gasteiger partial charge on any atom is -0.790 e. The highest BCUT2D eigenvalue weighted by Crippen LogP contribution is 2.56. The monoisotopic (exact) mass is 1100 g/mol. The first-order valence-corrected chi connectivity index (χ1v) is 28.5. The maximum absolute atomic E-state index is 12.7.